The number of carbonyl (C=O) groups excluding carboxylic acids is 1. The number of ether oxygens (including phenoxy) is 1. The summed E-state index contributed by atoms with van der Waals surface area (Å²) >= 11 is 0. The highest BCUT2D eigenvalue weighted by molar-refractivity contribution is 5.80. The Balaban J connectivity index is 1.45. The largest absolute Gasteiger partial charge is 0.364 e. The molecule has 4 heteroatoms. The Hall–Kier alpha value is -1.39. The Morgan fingerprint density at radius 2 is 1.90 bits per heavy atom. The van der Waals surface area contributed by atoms with Crippen molar-refractivity contribution < 1.29 is 9.53 Å². The van der Waals surface area contributed by atoms with Gasteiger partial charge in [-0.2, -0.15) is 0 Å². The zero-order chi connectivity index (χ0) is 14.8. The van der Waals surface area contributed by atoms with Gasteiger partial charge in [0.05, 0.1) is 6.10 Å². The summed E-state index contributed by atoms with van der Waals surface area (Å²) in [5.74, 6) is 0.0887. The van der Waals surface area contributed by atoms with Crippen molar-refractivity contribution in [1.82, 2.24) is 10.2 Å². The lowest BCUT2D eigenvalue weighted by atomic mass is 10.1. The highest BCUT2D eigenvalue weighted by Crippen LogP contribution is 2.23. The van der Waals surface area contributed by atoms with Crippen LogP contribution in [0.4, 0.5) is 0 Å². The van der Waals surface area contributed by atoms with Crippen LogP contribution in [0.5, 0.6) is 0 Å². The van der Waals surface area contributed by atoms with Crippen LogP contribution in [0, 0.1) is 0 Å². The molecule has 1 N–H and O–H groups in total. The third kappa shape index (κ3) is 3.27. The van der Waals surface area contributed by atoms with Gasteiger partial charge in [0.2, 0.25) is 0 Å². The Labute approximate surface area is 126 Å². The van der Waals surface area contributed by atoms with Gasteiger partial charge >= 0.3 is 0 Å². The summed E-state index contributed by atoms with van der Waals surface area (Å²) in [5, 5.41) is 3.61. The molecule has 1 heterocycles. The van der Waals surface area contributed by atoms with Gasteiger partial charge in [-0.25, -0.2) is 0 Å². The van der Waals surface area contributed by atoms with Crippen molar-refractivity contribution in [3.05, 3.63) is 35.4 Å². The molecule has 4 nitrogen and oxygen atoms in total. The first-order valence-electron chi connectivity index (χ1n) is 7.80. The standard InChI is InChI=1S/C17H24N2O2/c1-19(2)17(20)16-8-7-15(21-16)11-18-14-9-12-5-3-4-6-13(12)10-14/h3-6,14-16,18H,7-11H2,1-2H3. The molecule has 1 saturated heterocycles. The number of benzene rings is 1. The van der Waals surface area contributed by atoms with Crippen molar-refractivity contribution in [3.63, 3.8) is 0 Å². The van der Waals surface area contributed by atoms with E-state index in [-0.39, 0.29) is 18.1 Å². The van der Waals surface area contributed by atoms with Gasteiger partial charge in [-0.05, 0) is 36.8 Å². The monoisotopic (exact) mass is 288 g/mol. The maximum absolute atomic E-state index is 11.9. The fourth-order valence-corrected chi connectivity index (χ4v) is 3.33. The van der Waals surface area contributed by atoms with Gasteiger partial charge in [-0.1, -0.05) is 24.3 Å². The third-order valence-electron chi connectivity index (χ3n) is 4.51. The topological polar surface area (TPSA) is 41.6 Å². The molecule has 1 fully saturated rings. The average Bonchev–Trinajstić information content (AvgIpc) is 3.10. The van der Waals surface area contributed by atoms with Gasteiger partial charge in [0, 0.05) is 26.7 Å². The van der Waals surface area contributed by atoms with Crippen molar-refractivity contribution in [2.45, 2.75) is 43.9 Å². The minimum atomic E-state index is -0.243. The molecular formula is C17H24N2O2. The van der Waals surface area contributed by atoms with Crippen molar-refractivity contribution in [3.8, 4) is 0 Å². The summed E-state index contributed by atoms with van der Waals surface area (Å²) in [6, 6.07) is 9.16. The lowest BCUT2D eigenvalue weighted by Gasteiger charge is -2.19. The van der Waals surface area contributed by atoms with Gasteiger partial charge in [-0.15, -0.1) is 0 Å². The second-order valence-corrected chi connectivity index (χ2v) is 6.34. The molecule has 1 aliphatic carbocycles. The summed E-state index contributed by atoms with van der Waals surface area (Å²) in [5.41, 5.74) is 2.92. The second-order valence-electron chi connectivity index (χ2n) is 6.34. The molecule has 2 aliphatic rings. The first-order valence-corrected chi connectivity index (χ1v) is 7.80. The van der Waals surface area contributed by atoms with Crippen LogP contribution in [0.25, 0.3) is 0 Å². The number of nitrogens with one attached hydrogen (secondary N) is 1. The van der Waals surface area contributed by atoms with Crippen LogP contribution in [0.1, 0.15) is 24.0 Å². The predicted octanol–water partition coefficient (Wildman–Crippen LogP) is 1.38. The Morgan fingerprint density at radius 3 is 2.52 bits per heavy atom. The molecule has 1 aliphatic heterocycles. The van der Waals surface area contributed by atoms with Crippen LogP contribution >= 0.6 is 0 Å². The summed E-state index contributed by atoms with van der Waals surface area (Å²) in [4.78, 5) is 13.5. The molecule has 1 amide bonds. The van der Waals surface area contributed by atoms with E-state index in [0.717, 1.165) is 32.2 Å². The third-order valence-corrected chi connectivity index (χ3v) is 4.51. The molecule has 2 atom stereocenters. The molecule has 114 valence electrons. The van der Waals surface area contributed by atoms with Crippen LogP contribution in [-0.2, 0) is 22.4 Å². The first-order chi connectivity index (χ1) is 10.1. The summed E-state index contributed by atoms with van der Waals surface area (Å²) in [6.45, 7) is 0.843. The maximum atomic E-state index is 11.9. The number of amides is 1. The average molecular weight is 288 g/mol. The molecule has 3 rings (SSSR count). The highest BCUT2D eigenvalue weighted by Gasteiger charge is 2.32. The van der Waals surface area contributed by atoms with Crippen LogP contribution in [0.15, 0.2) is 24.3 Å². The highest BCUT2D eigenvalue weighted by atomic mass is 16.5. The maximum Gasteiger partial charge on any atom is 0.251 e. The van der Waals surface area contributed by atoms with E-state index in [2.05, 4.69) is 29.6 Å². The molecule has 0 radical (unpaired) electrons. The molecular weight excluding hydrogens is 264 g/mol. The lowest BCUT2D eigenvalue weighted by molar-refractivity contribution is -0.140. The molecule has 1 aromatic carbocycles. The fraction of sp³-hybridized carbons (Fsp3) is 0.588. The molecule has 1 aromatic rings. The van der Waals surface area contributed by atoms with Crippen LogP contribution in [0.2, 0.25) is 0 Å². The van der Waals surface area contributed by atoms with E-state index >= 15 is 0 Å². The number of likely N-dealkylation sites (N-methyl/N-ethyl adjacent to an activating group) is 1. The van der Waals surface area contributed by atoms with E-state index in [0.29, 0.717) is 6.04 Å². The summed E-state index contributed by atoms with van der Waals surface area (Å²) < 4.78 is 5.87. The van der Waals surface area contributed by atoms with E-state index in [1.165, 1.54) is 11.1 Å². The molecule has 0 spiro atoms. The summed E-state index contributed by atoms with van der Waals surface area (Å²) in [7, 11) is 3.57. The SMILES string of the molecule is CN(C)C(=O)C1CCC(CNC2Cc3ccccc3C2)O1. The fourth-order valence-electron chi connectivity index (χ4n) is 3.33. The number of fused-ring (bicyclic) bond motifs is 1. The van der Waals surface area contributed by atoms with Gasteiger partial charge in [0.1, 0.15) is 6.10 Å². The van der Waals surface area contributed by atoms with Gasteiger partial charge < -0.3 is 15.0 Å². The smallest absolute Gasteiger partial charge is 0.251 e. The van der Waals surface area contributed by atoms with Crippen molar-refractivity contribution in [2.24, 2.45) is 0 Å². The molecule has 21 heavy (non-hydrogen) atoms. The zero-order valence-electron chi connectivity index (χ0n) is 12.8. The molecule has 2 unspecified atom stereocenters. The van der Waals surface area contributed by atoms with Gasteiger partial charge in [0.15, 0.2) is 0 Å². The number of nitrogens with zero attached hydrogens (tertiary/aromatic N) is 1. The lowest BCUT2D eigenvalue weighted by Crippen LogP contribution is -2.38. The Kier molecular flexibility index (Phi) is 4.27. The van der Waals surface area contributed by atoms with Gasteiger partial charge in [-0.3, -0.25) is 4.79 Å². The van der Waals surface area contributed by atoms with Crippen molar-refractivity contribution >= 4 is 5.91 Å². The van der Waals surface area contributed by atoms with Crippen LogP contribution in [-0.4, -0.2) is 49.7 Å². The van der Waals surface area contributed by atoms with Gasteiger partial charge in [0.25, 0.3) is 5.91 Å². The number of hydrogen-bond donors (Lipinski definition) is 1. The number of rotatable bonds is 4. The number of hydrogen-bond acceptors (Lipinski definition) is 3. The normalized spacial score (nSPS) is 25.0. The van der Waals surface area contributed by atoms with Crippen molar-refractivity contribution in [2.75, 3.05) is 20.6 Å². The molecule has 0 aromatic heterocycles. The first kappa shape index (κ1) is 14.5. The minimum absolute atomic E-state index is 0.0887. The van der Waals surface area contributed by atoms with E-state index < -0.39 is 0 Å². The Bertz CT molecular complexity index is 490. The van der Waals surface area contributed by atoms with E-state index in [1.54, 1.807) is 19.0 Å². The van der Waals surface area contributed by atoms with E-state index in [4.69, 9.17) is 4.74 Å². The van der Waals surface area contributed by atoms with Crippen LogP contribution in [0.3, 0.4) is 0 Å². The minimum Gasteiger partial charge on any atom is -0.364 e. The quantitative estimate of drug-likeness (QED) is 0.910. The predicted molar refractivity (Wildman–Crippen MR) is 82.2 cm³/mol. The molecule has 0 saturated carbocycles. The summed E-state index contributed by atoms with van der Waals surface area (Å²) in [6.07, 6.45) is 3.94. The van der Waals surface area contributed by atoms with Crippen molar-refractivity contribution in [1.29, 1.82) is 0 Å². The number of carbonyl (C=O) groups is 1. The zero-order valence-corrected chi connectivity index (χ0v) is 12.8. The Morgan fingerprint density at radius 1 is 1.24 bits per heavy atom. The second kappa shape index (κ2) is 6.16. The van der Waals surface area contributed by atoms with E-state index in [1.807, 2.05) is 0 Å². The van der Waals surface area contributed by atoms with Crippen LogP contribution < -0.4 is 5.32 Å². The van der Waals surface area contributed by atoms with E-state index in [9.17, 15) is 4.79 Å². The molecule has 0 bridgehead atoms.